The van der Waals surface area contributed by atoms with Crippen LogP contribution in [-0.4, -0.2) is 35.1 Å². The van der Waals surface area contributed by atoms with Gasteiger partial charge in [0.1, 0.15) is 0 Å². The Balaban J connectivity index is 1.94. The van der Waals surface area contributed by atoms with E-state index >= 15 is 0 Å². The molecule has 0 radical (unpaired) electrons. The molecule has 3 aromatic rings. The molecule has 0 saturated heterocycles. The van der Waals surface area contributed by atoms with Crippen LogP contribution in [0.15, 0.2) is 77.3 Å². The molecule has 2 N–H and O–H groups in total. The van der Waals surface area contributed by atoms with Crippen LogP contribution < -0.4 is 15.6 Å². The highest BCUT2D eigenvalue weighted by Gasteiger charge is 2.29. The molecule has 10 heteroatoms. The first-order valence-electron chi connectivity index (χ1n) is 10.0. The van der Waals surface area contributed by atoms with Crippen molar-refractivity contribution in [3.63, 3.8) is 0 Å². The minimum Gasteiger partial charge on any atom is -0.468 e. The zero-order valence-corrected chi connectivity index (χ0v) is 18.5. The lowest BCUT2D eigenvalue weighted by Crippen LogP contribution is -2.24. The molecule has 0 spiro atoms. The predicted molar refractivity (Wildman–Crippen MR) is 126 cm³/mol. The average Bonchev–Trinajstić information content (AvgIpc) is 2.79. The van der Waals surface area contributed by atoms with Gasteiger partial charge in [-0.1, -0.05) is 17.7 Å². The summed E-state index contributed by atoms with van der Waals surface area (Å²) in [5.74, 6) is -0.260. The van der Waals surface area contributed by atoms with E-state index in [1.807, 2.05) is 0 Å². The molecule has 34 heavy (non-hydrogen) atoms. The Bertz CT molecular complexity index is 1420. The smallest absolute Gasteiger partial charge is 0.422 e. The van der Waals surface area contributed by atoms with E-state index in [1.165, 1.54) is 10.6 Å². The van der Waals surface area contributed by atoms with Gasteiger partial charge in [0.25, 0.3) is 5.56 Å². The normalized spacial score (nSPS) is 15.0. The van der Waals surface area contributed by atoms with Crippen molar-refractivity contribution in [3.8, 4) is 11.6 Å². The lowest BCUT2D eigenvalue weighted by Gasteiger charge is -2.16. The molecular weight excluding hydrogens is 469 g/mol. The van der Waals surface area contributed by atoms with Crippen LogP contribution in [0, 0.1) is 5.41 Å². The van der Waals surface area contributed by atoms with Crippen LogP contribution in [0.2, 0.25) is 5.02 Å². The van der Waals surface area contributed by atoms with E-state index in [4.69, 9.17) is 21.7 Å². The number of aromatic nitrogens is 2. The van der Waals surface area contributed by atoms with Crippen molar-refractivity contribution in [2.24, 2.45) is 0 Å². The highest BCUT2D eigenvalue weighted by atomic mass is 35.5. The number of hydrogen-bond donors (Lipinski definition) is 2. The summed E-state index contributed by atoms with van der Waals surface area (Å²) in [7, 11) is 1.71. The van der Waals surface area contributed by atoms with Gasteiger partial charge in [-0.3, -0.25) is 9.36 Å². The Labute approximate surface area is 197 Å². The van der Waals surface area contributed by atoms with E-state index < -0.39 is 18.3 Å². The van der Waals surface area contributed by atoms with Gasteiger partial charge in [-0.2, -0.15) is 18.2 Å². The number of halogens is 4. The molecule has 6 nitrogen and oxygen atoms in total. The summed E-state index contributed by atoms with van der Waals surface area (Å²) in [6.07, 6.45) is 2.08. The second kappa shape index (κ2) is 9.18. The van der Waals surface area contributed by atoms with E-state index in [2.05, 4.69) is 10.3 Å². The fraction of sp³-hybridized carbons (Fsp3) is 0.125. The molecule has 0 unspecified atom stereocenters. The maximum Gasteiger partial charge on any atom is 0.422 e. The monoisotopic (exact) mass is 486 g/mol. The molecule has 0 fully saturated rings. The lowest BCUT2D eigenvalue weighted by molar-refractivity contribution is -0.154. The molecule has 0 amide bonds. The number of nitrogens with zero attached hydrogens (tertiary/aromatic N) is 2. The minimum absolute atomic E-state index is 0.134. The van der Waals surface area contributed by atoms with Crippen molar-refractivity contribution in [2.45, 2.75) is 6.18 Å². The number of alkyl halides is 3. The van der Waals surface area contributed by atoms with Crippen LogP contribution in [0.5, 0.6) is 5.88 Å². The highest BCUT2D eigenvalue weighted by molar-refractivity contribution is 6.30. The van der Waals surface area contributed by atoms with E-state index in [0.29, 0.717) is 32.8 Å². The second-order valence-electron chi connectivity index (χ2n) is 7.38. The maximum atomic E-state index is 13.6. The number of pyridine rings is 2. The van der Waals surface area contributed by atoms with Gasteiger partial charge >= 0.3 is 6.18 Å². The molecule has 1 aliphatic carbocycles. The first-order valence-corrected chi connectivity index (χ1v) is 10.4. The molecule has 1 aliphatic rings. The predicted octanol–water partition coefficient (Wildman–Crippen LogP) is 5.06. The van der Waals surface area contributed by atoms with Gasteiger partial charge in [0.15, 0.2) is 12.3 Å². The summed E-state index contributed by atoms with van der Waals surface area (Å²) in [5.41, 5.74) is 1.90. The summed E-state index contributed by atoms with van der Waals surface area (Å²) in [6, 6.07) is 10.9. The van der Waals surface area contributed by atoms with Crippen molar-refractivity contribution in [1.82, 2.24) is 14.9 Å². The van der Waals surface area contributed by atoms with Gasteiger partial charge in [0.05, 0.1) is 11.4 Å². The maximum absolute atomic E-state index is 13.6. The van der Waals surface area contributed by atoms with Gasteiger partial charge in [-0.05, 0) is 54.1 Å². The Morgan fingerprint density at radius 3 is 2.59 bits per heavy atom. The zero-order valence-electron chi connectivity index (χ0n) is 17.8. The van der Waals surface area contributed by atoms with Crippen LogP contribution in [0.25, 0.3) is 22.3 Å². The van der Waals surface area contributed by atoms with Crippen LogP contribution >= 0.6 is 11.6 Å². The molecule has 0 atom stereocenters. The molecule has 4 rings (SSSR count). The van der Waals surface area contributed by atoms with E-state index in [1.54, 1.807) is 67.9 Å². The summed E-state index contributed by atoms with van der Waals surface area (Å²) in [6.45, 7) is -1.50. The highest BCUT2D eigenvalue weighted by Crippen LogP contribution is 2.27. The van der Waals surface area contributed by atoms with E-state index in [-0.39, 0.29) is 17.2 Å². The lowest BCUT2D eigenvalue weighted by atomic mass is 9.95. The summed E-state index contributed by atoms with van der Waals surface area (Å²) >= 11 is 6.00. The van der Waals surface area contributed by atoms with Crippen molar-refractivity contribution >= 4 is 33.9 Å². The van der Waals surface area contributed by atoms with Crippen molar-refractivity contribution < 1.29 is 17.9 Å². The van der Waals surface area contributed by atoms with Gasteiger partial charge in [-0.15, -0.1) is 0 Å². The summed E-state index contributed by atoms with van der Waals surface area (Å²) in [4.78, 5) is 17.8. The third kappa shape index (κ3) is 4.89. The number of nitrogens with one attached hydrogen (secondary N) is 2. The van der Waals surface area contributed by atoms with Crippen LogP contribution in [0.4, 0.5) is 13.2 Å². The summed E-state index contributed by atoms with van der Waals surface area (Å²) < 4.78 is 43.9. The molecule has 0 aliphatic heterocycles. The quantitative estimate of drug-likeness (QED) is 0.528. The molecular formula is C24H18ClF3N4O2. The molecule has 174 valence electrons. The minimum atomic E-state index is -4.53. The van der Waals surface area contributed by atoms with E-state index in [9.17, 15) is 18.0 Å². The fourth-order valence-electron chi connectivity index (χ4n) is 3.45. The van der Waals surface area contributed by atoms with E-state index in [0.717, 1.165) is 0 Å². The van der Waals surface area contributed by atoms with Crippen LogP contribution in [-0.2, 0) is 0 Å². The van der Waals surface area contributed by atoms with Crippen LogP contribution in [0.1, 0.15) is 5.56 Å². The first-order chi connectivity index (χ1) is 16.2. The van der Waals surface area contributed by atoms with Crippen molar-refractivity contribution in [3.05, 3.63) is 93.4 Å². The third-order valence-corrected chi connectivity index (χ3v) is 5.21. The number of allylic oxidation sites excluding steroid dienone is 5. The average molecular weight is 487 g/mol. The van der Waals surface area contributed by atoms with Gasteiger partial charge in [0, 0.05) is 40.9 Å². The summed E-state index contributed by atoms with van der Waals surface area (Å²) in [5, 5.41) is 11.9. The topological polar surface area (TPSA) is 80.0 Å². The van der Waals surface area contributed by atoms with Crippen molar-refractivity contribution in [1.29, 1.82) is 5.41 Å². The Morgan fingerprint density at radius 1 is 1.18 bits per heavy atom. The Kier molecular flexibility index (Phi) is 6.30. The SMILES string of the molecule is CN/C=C1/C=C(c2cc3ccc(OCC(F)(F)F)nc3n(-c3ccc(Cl)cc3)c2=O)C=CC1=N. The standard InChI is InChI=1S/C24H18ClF3N4O2/c1-30-12-16-10-14(2-8-20(16)29)19-11-15-3-9-21(34-13-24(26,27)28)31-22(15)32(23(19)33)18-6-4-17(25)5-7-18/h2-12,29-30H,13H2,1H3/b16-12-,29-20?. The third-order valence-electron chi connectivity index (χ3n) is 4.96. The van der Waals surface area contributed by atoms with Gasteiger partial charge < -0.3 is 15.5 Å². The number of benzene rings is 1. The largest absolute Gasteiger partial charge is 0.468 e. The molecule has 0 saturated carbocycles. The van der Waals surface area contributed by atoms with Gasteiger partial charge in [-0.25, -0.2) is 0 Å². The molecule has 2 heterocycles. The molecule has 0 bridgehead atoms. The fourth-order valence-corrected chi connectivity index (χ4v) is 3.57. The Morgan fingerprint density at radius 2 is 1.91 bits per heavy atom. The van der Waals surface area contributed by atoms with Gasteiger partial charge in [0.2, 0.25) is 5.88 Å². The first kappa shape index (κ1) is 23.3. The number of ether oxygens (including phenoxy) is 1. The number of hydrogen-bond acceptors (Lipinski definition) is 5. The molecule has 2 aromatic heterocycles. The number of fused-ring (bicyclic) bond motifs is 1. The molecule has 1 aromatic carbocycles. The van der Waals surface area contributed by atoms with Crippen molar-refractivity contribution in [2.75, 3.05) is 13.7 Å². The van der Waals surface area contributed by atoms with Crippen LogP contribution in [0.3, 0.4) is 0 Å². The zero-order chi connectivity index (χ0) is 24.5. The second-order valence-corrected chi connectivity index (χ2v) is 7.81. The number of rotatable bonds is 5. The Hall–Kier alpha value is -3.85.